The molecule has 1 atom stereocenters. The van der Waals surface area contributed by atoms with Gasteiger partial charge in [0.2, 0.25) is 5.91 Å². The molecular formula is C14H20N4O3. The summed E-state index contributed by atoms with van der Waals surface area (Å²) in [4.78, 5) is 26.7. The number of benzene rings is 1. The van der Waals surface area contributed by atoms with Crippen LogP contribution >= 0.6 is 0 Å². The van der Waals surface area contributed by atoms with Crippen LogP contribution in [0.5, 0.6) is 0 Å². The van der Waals surface area contributed by atoms with E-state index in [4.69, 9.17) is 0 Å². The molecule has 0 saturated carbocycles. The number of carbonyl (C=O) groups excluding carboxylic acids is 1. The van der Waals surface area contributed by atoms with Gasteiger partial charge in [-0.1, -0.05) is 0 Å². The highest BCUT2D eigenvalue weighted by Gasteiger charge is 2.24. The predicted octanol–water partition coefficient (Wildman–Crippen LogP) is 1.17. The zero-order valence-electron chi connectivity index (χ0n) is 12.3. The summed E-state index contributed by atoms with van der Waals surface area (Å²) in [7, 11) is 2.07. The lowest BCUT2D eigenvalue weighted by Gasteiger charge is -2.35. The Kier molecular flexibility index (Phi) is 4.87. The van der Waals surface area contributed by atoms with E-state index in [0.29, 0.717) is 5.69 Å². The van der Waals surface area contributed by atoms with Gasteiger partial charge in [-0.15, -0.1) is 0 Å². The second kappa shape index (κ2) is 6.64. The van der Waals surface area contributed by atoms with Crippen molar-refractivity contribution >= 4 is 17.3 Å². The lowest BCUT2D eigenvalue weighted by Crippen LogP contribution is -2.51. The predicted molar refractivity (Wildman–Crippen MR) is 80.3 cm³/mol. The number of likely N-dealkylation sites (N-methyl/N-ethyl adjacent to an activating group) is 1. The van der Waals surface area contributed by atoms with Crippen molar-refractivity contribution in [1.29, 1.82) is 0 Å². The van der Waals surface area contributed by atoms with Crippen LogP contribution in [0.1, 0.15) is 6.92 Å². The minimum atomic E-state index is -0.460. The van der Waals surface area contributed by atoms with Crippen molar-refractivity contribution in [1.82, 2.24) is 9.80 Å². The number of nitro benzene ring substituents is 1. The standard InChI is InChI=1S/C14H20N4O3/c1-11(17-9-7-16(2)8-10-17)14(19)15-12-3-5-13(6-4-12)18(20)21/h3-6,11H,7-10H2,1-2H3,(H,15,19)/t11-/m0/s1. The molecule has 0 radical (unpaired) electrons. The first-order valence-electron chi connectivity index (χ1n) is 6.95. The Bertz CT molecular complexity index is 509. The van der Waals surface area contributed by atoms with Crippen LogP contribution in [-0.2, 0) is 4.79 Å². The number of hydrogen-bond acceptors (Lipinski definition) is 5. The van der Waals surface area contributed by atoms with E-state index in [1.54, 1.807) is 12.1 Å². The first-order chi connectivity index (χ1) is 9.97. The lowest BCUT2D eigenvalue weighted by molar-refractivity contribution is -0.384. The Morgan fingerprint density at radius 1 is 1.24 bits per heavy atom. The molecule has 1 heterocycles. The van der Waals surface area contributed by atoms with E-state index in [9.17, 15) is 14.9 Å². The number of hydrogen-bond donors (Lipinski definition) is 1. The smallest absolute Gasteiger partial charge is 0.269 e. The first kappa shape index (κ1) is 15.4. The highest BCUT2D eigenvalue weighted by molar-refractivity contribution is 5.94. The number of nitro groups is 1. The van der Waals surface area contributed by atoms with Crippen molar-refractivity contribution < 1.29 is 9.72 Å². The van der Waals surface area contributed by atoms with Gasteiger partial charge >= 0.3 is 0 Å². The van der Waals surface area contributed by atoms with Crippen LogP contribution in [0.25, 0.3) is 0 Å². The van der Waals surface area contributed by atoms with E-state index in [-0.39, 0.29) is 17.6 Å². The SMILES string of the molecule is C[C@@H](C(=O)Nc1ccc([N+](=O)[O-])cc1)N1CCN(C)CC1. The Hall–Kier alpha value is -1.99. The molecule has 7 heteroatoms. The molecule has 21 heavy (non-hydrogen) atoms. The molecule has 114 valence electrons. The summed E-state index contributed by atoms with van der Waals surface area (Å²) in [5.74, 6) is -0.0894. The van der Waals surface area contributed by atoms with Crippen molar-refractivity contribution in [2.24, 2.45) is 0 Å². The van der Waals surface area contributed by atoms with Gasteiger partial charge in [0.1, 0.15) is 0 Å². The zero-order chi connectivity index (χ0) is 15.4. The van der Waals surface area contributed by atoms with Gasteiger partial charge in [0.05, 0.1) is 11.0 Å². The van der Waals surface area contributed by atoms with Crippen LogP contribution in [0.2, 0.25) is 0 Å². The quantitative estimate of drug-likeness (QED) is 0.665. The third kappa shape index (κ3) is 3.99. The van der Waals surface area contributed by atoms with Crippen LogP contribution in [0.15, 0.2) is 24.3 Å². The Morgan fingerprint density at radius 2 is 1.81 bits per heavy atom. The number of non-ortho nitro benzene ring substituents is 1. The number of piperazine rings is 1. The van der Waals surface area contributed by atoms with Crippen LogP contribution in [0.3, 0.4) is 0 Å². The minimum absolute atomic E-state index is 0.0140. The van der Waals surface area contributed by atoms with Crippen LogP contribution in [0, 0.1) is 10.1 Å². The molecule has 1 aromatic carbocycles. The highest BCUT2D eigenvalue weighted by Crippen LogP contribution is 2.16. The van der Waals surface area contributed by atoms with E-state index < -0.39 is 4.92 Å². The molecule has 1 saturated heterocycles. The van der Waals surface area contributed by atoms with Gasteiger partial charge in [-0.05, 0) is 26.1 Å². The fourth-order valence-electron chi connectivity index (χ4n) is 2.29. The summed E-state index contributed by atoms with van der Waals surface area (Å²) in [5.41, 5.74) is 0.590. The topological polar surface area (TPSA) is 78.7 Å². The summed E-state index contributed by atoms with van der Waals surface area (Å²) in [6.07, 6.45) is 0. The van der Waals surface area contributed by atoms with Gasteiger partial charge in [-0.2, -0.15) is 0 Å². The maximum atomic E-state index is 12.2. The fraction of sp³-hybridized carbons (Fsp3) is 0.500. The monoisotopic (exact) mass is 292 g/mol. The molecule has 1 N–H and O–H groups in total. The van der Waals surface area contributed by atoms with Crippen molar-refractivity contribution in [2.75, 3.05) is 38.5 Å². The van der Waals surface area contributed by atoms with Gasteiger partial charge in [-0.3, -0.25) is 19.8 Å². The lowest BCUT2D eigenvalue weighted by atomic mass is 10.2. The van der Waals surface area contributed by atoms with Crippen molar-refractivity contribution in [2.45, 2.75) is 13.0 Å². The van der Waals surface area contributed by atoms with Crippen LogP contribution in [0.4, 0.5) is 11.4 Å². The van der Waals surface area contributed by atoms with Crippen molar-refractivity contribution in [3.8, 4) is 0 Å². The first-order valence-corrected chi connectivity index (χ1v) is 6.95. The summed E-state index contributed by atoms with van der Waals surface area (Å²) >= 11 is 0. The zero-order valence-corrected chi connectivity index (χ0v) is 12.3. The Labute approximate surface area is 123 Å². The molecule has 2 rings (SSSR count). The van der Waals surface area contributed by atoms with Gasteiger partial charge in [0.25, 0.3) is 5.69 Å². The molecule has 0 aliphatic carbocycles. The Morgan fingerprint density at radius 3 is 2.33 bits per heavy atom. The van der Waals surface area contributed by atoms with Crippen LogP contribution < -0.4 is 5.32 Å². The molecular weight excluding hydrogens is 272 g/mol. The minimum Gasteiger partial charge on any atom is -0.325 e. The van der Waals surface area contributed by atoms with E-state index in [1.807, 2.05) is 6.92 Å². The maximum absolute atomic E-state index is 12.2. The van der Waals surface area contributed by atoms with Gasteiger partial charge in [0, 0.05) is 44.0 Å². The Balaban J connectivity index is 1.92. The van der Waals surface area contributed by atoms with E-state index >= 15 is 0 Å². The molecule has 1 fully saturated rings. The highest BCUT2D eigenvalue weighted by atomic mass is 16.6. The maximum Gasteiger partial charge on any atom is 0.269 e. The van der Waals surface area contributed by atoms with Crippen molar-refractivity contribution in [3.63, 3.8) is 0 Å². The van der Waals surface area contributed by atoms with E-state index in [0.717, 1.165) is 26.2 Å². The summed E-state index contributed by atoms with van der Waals surface area (Å²) in [6.45, 7) is 5.52. The van der Waals surface area contributed by atoms with Gasteiger partial charge < -0.3 is 10.2 Å². The molecule has 0 aromatic heterocycles. The molecule has 1 amide bonds. The third-order valence-corrected chi connectivity index (χ3v) is 3.81. The average molecular weight is 292 g/mol. The molecule has 0 spiro atoms. The van der Waals surface area contributed by atoms with Crippen molar-refractivity contribution in [3.05, 3.63) is 34.4 Å². The van der Waals surface area contributed by atoms with Gasteiger partial charge in [0.15, 0.2) is 0 Å². The summed E-state index contributed by atoms with van der Waals surface area (Å²) in [5, 5.41) is 13.4. The molecule has 1 aliphatic heterocycles. The summed E-state index contributed by atoms with van der Waals surface area (Å²) in [6, 6.07) is 5.65. The number of nitrogens with one attached hydrogen (secondary N) is 1. The molecule has 1 aliphatic rings. The fourth-order valence-corrected chi connectivity index (χ4v) is 2.29. The number of amides is 1. The molecule has 0 unspecified atom stereocenters. The second-order valence-corrected chi connectivity index (χ2v) is 5.31. The molecule has 1 aromatic rings. The third-order valence-electron chi connectivity index (χ3n) is 3.81. The normalized spacial score (nSPS) is 18.2. The number of anilines is 1. The average Bonchev–Trinajstić information content (AvgIpc) is 2.47. The number of carbonyl (C=O) groups is 1. The van der Waals surface area contributed by atoms with E-state index in [2.05, 4.69) is 22.2 Å². The second-order valence-electron chi connectivity index (χ2n) is 5.31. The van der Waals surface area contributed by atoms with Crippen LogP contribution in [-0.4, -0.2) is 59.9 Å². The molecule has 7 nitrogen and oxygen atoms in total. The number of rotatable bonds is 4. The van der Waals surface area contributed by atoms with Gasteiger partial charge in [-0.25, -0.2) is 0 Å². The van der Waals surface area contributed by atoms with E-state index in [1.165, 1.54) is 12.1 Å². The summed E-state index contributed by atoms with van der Waals surface area (Å²) < 4.78 is 0. The number of nitrogens with zero attached hydrogens (tertiary/aromatic N) is 3. The largest absolute Gasteiger partial charge is 0.325 e. The molecule has 0 bridgehead atoms.